The van der Waals surface area contributed by atoms with Crippen LogP contribution in [0.15, 0.2) is 0 Å². The maximum absolute atomic E-state index is 9.05. The average Bonchev–Trinajstić information content (AvgIpc) is 2.57. The van der Waals surface area contributed by atoms with E-state index in [2.05, 4.69) is 0 Å². The monoisotopic (exact) mass is 226 g/mol. The van der Waals surface area contributed by atoms with E-state index in [1.807, 2.05) is 23.5 Å². The topological polar surface area (TPSA) is 40.5 Å². The van der Waals surface area contributed by atoms with Crippen molar-refractivity contribution in [2.75, 3.05) is 29.6 Å². The predicted octanol–water partition coefficient (Wildman–Crippen LogP) is 0.879. The van der Waals surface area contributed by atoms with Crippen molar-refractivity contribution in [3.63, 3.8) is 0 Å². The number of aliphatic hydroxyl groups is 2. The Morgan fingerprint density at radius 1 is 1.42 bits per heavy atom. The second-order valence-corrected chi connectivity index (χ2v) is 6.54. The van der Waals surface area contributed by atoms with Gasteiger partial charge in [-0.1, -0.05) is 0 Å². The van der Waals surface area contributed by atoms with Crippen LogP contribution in [0.4, 0.5) is 0 Å². The smallest absolute Gasteiger partial charge is 0.0861 e. The molecule has 2 N–H and O–H groups in total. The van der Waals surface area contributed by atoms with Gasteiger partial charge in [0.15, 0.2) is 0 Å². The summed E-state index contributed by atoms with van der Waals surface area (Å²) < 4.78 is 0.709. The molecule has 72 valence electrons. The highest BCUT2D eigenvalue weighted by Gasteiger charge is 2.16. The van der Waals surface area contributed by atoms with E-state index in [9.17, 15) is 0 Å². The molecule has 1 saturated heterocycles. The van der Waals surface area contributed by atoms with Gasteiger partial charge in [-0.25, -0.2) is 0 Å². The van der Waals surface area contributed by atoms with E-state index in [4.69, 9.17) is 10.2 Å². The number of hydrogen-bond acceptors (Lipinski definition) is 5. The molecule has 0 amide bonds. The van der Waals surface area contributed by atoms with Crippen LogP contribution in [-0.4, -0.2) is 50.5 Å². The van der Waals surface area contributed by atoms with Crippen LogP contribution >= 0.6 is 35.3 Å². The van der Waals surface area contributed by atoms with Gasteiger partial charge in [0.05, 0.1) is 17.3 Å². The van der Waals surface area contributed by atoms with Gasteiger partial charge in [-0.2, -0.15) is 11.8 Å². The molecule has 0 aromatic carbocycles. The highest BCUT2D eigenvalue weighted by atomic mass is 32.2. The van der Waals surface area contributed by atoms with Crippen LogP contribution in [0.1, 0.15) is 0 Å². The lowest BCUT2D eigenvalue weighted by Gasteiger charge is -2.09. The lowest BCUT2D eigenvalue weighted by atomic mass is 10.4. The minimum atomic E-state index is -0.536. The van der Waals surface area contributed by atoms with E-state index >= 15 is 0 Å². The molecule has 1 aliphatic rings. The maximum atomic E-state index is 9.05. The Hall–Kier alpha value is 0.970. The van der Waals surface area contributed by atoms with Crippen LogP contribution in [-0.2, 0) is 0 Å². The van der Waals surface area contributed by atoms with Crippen LogP contribution in [0.3, 0.4) is 0 Å². The fourth-order valence-corrected chi connectivity index (χ4v) is 5.17. The average molecular weight is 226 g/mol. The molecule has 0 aliphatic carbocycles. The van der Waals surface area contributed by atoms with E-state index in [1.165, 1.54) is 11.5 Å². The largest absolute Gasteiger partial charge is 0.394 e. The second kappa shape index (κ2) is 6.43. The Morgan fingerprint density at radius 3 is 2.67 bits per heavy atom. The quantitative estimate of drug-likeness (QED) is 0.728. The zero-order valence-electron chi connectivity index (χ0n) is 6.81. The first kappa shape index (κ1) is 11.0. The molecule has 1 fully saturated rings. The van der Waals surface area contributed by atoms with E-state index < -0.39 is 6.10 Å². The molecule has 12 heavy (non-hydrogen) atoms. The molecule has 1 rings (SSSR count). The maximum Gasteiger partial charge on any atom is 0.0861 e. The van der Waals surface area contributed by atoms with Crippen LogP contribution in [0.5, 0.6) is 0 Å². The Morgan fingerprint density at radius 2 is 2.08 bits per heavy atom. The first-order valence-corrected chi connectivity index (χ1v) is 7.18. The highest BCUT2D eigenvalue weighted by molar-refractivity contribution is 8.21. The molecule has 0 aromatic rings. The van der Waals surface area contributed by atoms with Gasteiger partial charge >= 0.3 is 0 Å². The molecule has 0 saturated carbocycles. The first-order chi connectivity index (χ1) is 5.83. The van der Waals surface area contributed by atoms with Gasteiger partial charge in [0.25, 0.3) is 0 Å². The highest BCUT2D eigenvalue weighted by Crippen LogP contribution is 2.34. The molecular weight excluding hydrogens is 212 g/mol. The zero-order valence-corrected chi connectivity index (χ0v) is 9.26. The molecule has 5 heteroatoms. The number of hydrogen-bond donors (Lipinski definition) is 2. The number of thioether (sulfide) groups is 3. The third-order valence-corrected chi connectivity index (χ3v) is 6.11. The Balaban J connectivity index is 1.94. The van der Waals surface area contributed by atoms with Crippen molar-refractivity contribution in [3.8, 4) is 0 Å². The predicted molar refractivity (Wildman–Crippen MR) is 59.1 cm³/mol. The summed E-state index contributed by atoms with van der Waals surface area (Å²) in [5, 5.41) is 17.6. The summed E-state index contributed by atoms with van der Waals surface area (Å²) in [5.41, 5.74) is 0. The molecule has 0 aromatic heterocycles. The van der Waals surface area contributed by atoms with Gasteiger partial charge < -0.3 is 10.2 Å². The SMILES string of the molecule is OCC(O)CSCC1SCCS1. The summed E-state index contributed by atoms with van der Waals surface area (Å²) in [5.74, 6) is 4.28. The fraction of sp³-hybridized carbons (Fsp3) is 1.00. The van der Waals surface area contributed by atoms with Crippen molar-refractivity contribution in [2.24, 2.45) is 0 Å². The molecule has 1 atom stereocenters. The van der Waals surface area contributed by atoms with Crippen molar-refractivity contribution >= 4 is 35.3 Å². The summed E-state index contributed by atoms with van der Waals surface area (Å²) in [4.78, 5) is 0. The Bertz CT molecular complexity index is 117. The minimum absolute atomic E-state index is 0.113. The number of rotatable bonds is 5. The van der Waals surface area contributed by atoms with Gasteiger partial charge in [0.2, 0.25) is 0 Å². The van der Waals surface area contributed by atoms with Crippen molar-refractivity contribution in [1.82, 2.24) is 0 Å². The summed E-state index contributed by atoms with van der Waals surface area (Å²) >= 11 is 5.73. The lowest BCUT2D eigenvalue weighted by molar-refractivity contribution is 0.113. The normalized spacial score (nSPS) is 21.5. The standard InChI is InChI=1S/C7H14O2S3/c8-3-6(9)4-10-5-7-11-1-2-12-7/h6-9H,1-5H2. The van der Waals surface area contributed by atoms with Crippen LogP contribution in [0, 0.1) is 0 Å². The van der Waals surface area contributed by atoms with Crippen LogP contribution in [0.2, 0.25) is 0 Å². The molecule has 1 aliphatic heterocycles. The van der Waals surface area contributed by atoms with Crippen molar-refractivity contribution in [3.05, 3.63) is 0 Å². The van der Waals surface area contributed by atoms with Gasteiger partial charge in [0, 0.05) is 23.0 Å². The summed E-state index contributed by atoms with van der Waals surface area (Å²) in [6.07, 6.45) is -0.536. The van der Waals surface area contributed by atoms with Gasteiger partial charge in [-0.05, 0) is 0 Å². The third kappa shape index (κ3) is 4.28. The molecule has 1 unspecified atom stereocenters. The molecule has 0 radical (unpaired) electrons. The van der Waals surface area contributed by atoms with Gasteiger partial charge in [0.1, 0.15) is 0 Å². The Kier molecular flexibility index (Phi) is 5.92. The Labute approximate surface area is 85.9 Å². The minimum Gasteiger partial charge on any atom is -0.394 e. The van der Waals surface area contributed by atoms with E-state index in [0.29, 0.717) is 10.3 Å². The summed E-state index contributed by atoms with van der Waals surface area (Å²) in [6.45, 7) is -0.113. The van der Waals surface area contributed by atoms with E-state index in [1.54, 1.807) is 11.8 Å². The van der Waals surface area contributed by atoms with Crippen molar-refractivity contribution in [1.29, 1.82) is 0 Å². The third-order valence-electron chi connectivity index (χ3n) is 1.47. The zero-order chi connectivity index (χ0) is 8.81. The second-order valence-electron chi connectivity index (χ2n) is 2.54. The molecular formula is C7H14O2S3. The molecule has 0 spiro atoms. The van der Waals surface area contributed by atoms with Crippen molar-refractivity contribution in [2.45, 2.75) is 10.7 Å². The van der Waals surface area contributed by atoms with Crippen LogP contribution < -0.4 is 0 Å². The molecule has 2 nitrogen and oxygen atoms in total. The van der Waals surface area contributed by atoms with Crippen LogP contribution in [0.25, 0.3) is 0 Å². The van der Waals surface area contributed by atoms with Gasteiger partial charge in [-0.15, -0.1) is 23.5 Å². The molecule has 1 heterocycles. The summed E-state index contributed by atoms with van der Waals surface area (Å²) in [6, 6.07) is 0. The van der Waals surface area contributed by atoms with E-state index in [0.717, 1.165) is 5.75 Å². The molecule has 0 bridgehead atoms. The lowest BCUT2D eigenvalue weighted by Crippen LogP contribution is -2.15. The van der Waals surface area contributed by atoms with Gasteiger partial charge in [-0.3, -0.25) is 0 Å². The first-order valence-electron chi connectivity index (χ1n) is 3.93. The van der Waals surface area contributed by atoms with Crippen molar-refractivity contribution < 1.29 is 10.2 Å². The van der Waals surface area contributed by atoms with E-state index in [-0.39, 0.29) is 6.61 Å². The fourth-order valence-electron chi connectivity index (χ4n) is 0.856. The number of aliphatic hydroxyl groups excluding tert-OH is 2. The summed E-state index contributed by atoms with van der Waals surface area (Å²) in [7, 11) is 0.